The maximum Gasteiger partial charge on any atom is 0.410 e. The van der Waals surface area contributed by atoms with Gasteiger partial charge >= 0.3 is 6.09 Å². The molecule has 1 N–H and O–H groups in total. The van der Waals surface area contributed by atoms with Crippen molar-refractivity contribution >= 4 is 17.5 Å². The molecular formula is C24H28N4O3. The van der Waals surface area contributed by atoms with Gasteiger partial charge in [0, 0.05) is 19.0 Å². The molecule has 0 saturated carbocycles. The lowest BCUT2D eigenvalue weighted by Gasteiger charge is -2.33. The van der Waals surface area contributed by atoms with Gasteiger partial charge in [0.05, 0.1) is 5.69 Å². The van der Waals surface area contributed by atoms with Crippen LogP contribution < -0.4 is 10.2 Å². The van der Waals surface area contributed by atoms with Crippen molar-refractivity contribution in [3.05, 3.63) is 54.6 Å². The summed E-state index contributed by atoms with van der Waals surface area (Å²) in [6, 6.07) is 19.1. The topological polar surface area (TPSA) is 87.0 Å². The van der Waals surface area contributed by atoms with Gasteiger partial charge in [0.1, 0.15) is 28.9 Å². The van der Waals surface area contributed by atoms with Gasteiger partial charge in [0.25, 0.3) is 0 Å². The summed E-state index contributed by atoms with van der Waals surface area (Å²) in [6.07, 6.45) is 1.25. The van der Waals surface area contributed by atoms with Gasteiger partial charge < -0.3 is 14.4 Å². The molecule has 1 atom stereocenters. The van der Waals surface area contributed by atoms with E-state index >= 15 is 0 Å². The van der Waals surface area contributed by atoms with Crippen LogP contribution in [0.5, 0.6) is 11.5 Å². The molecule has 1 saturated heterocycles. The average molecular weight is 421 g/mol. The van der Waals surface area contributed by atoms with Crippen molar-refractivity contribution in [2.24, 2.45) is 11.0 Å². The second kappa shape index (κ2) is 9.98. The van der Waals surface area contributed by atoms with E-state index in [4.69, 9.17) is 9.47 Å². The van der Waals surface area contributed by atoms with Gasteiger partial charge in [0.15, 0.2) is 0 Å². The van der Waals surface area contributed by atoms with E-state index in [2.05, 4.69) is 16.6 Å². The van der Waals surface area contributed by atoms with Crippen LogP contribution >= 0.6 is 0 Å². The minimum absolute atomic E-state index is 0.126. The van der Waals surface area contributed by atoms with Crippen molar-refractivity contribution < 1.29 is 14.3 Å². The van der Waals surface area contributed by atoms with Gasteiger partial charge in [-0.2, -0.15) is 10.4 Å². The Labute approximate surface area is 183 Å². The van der Waals surface area contributed by atoms with Gasteiger partial charge in [-0.1, -0.05) is 18.2 Å². The number of hydrogen-bond acceptors (Lipinski definition) is 6. The Balaban J connectivity index is 1.60. The fourth-order valence-corrected chi connectivity index (χ4v) is 3.25. The Bertz CT molecular complexity index is 944. The van der Waals surface area contributed by atoms with Crippen molar-refractivity contribution in [3.8, 4) is 17.6 Å². The number of carbonyl (C=O) groups excluding carboxylic acids is 1. The molecule has 2 aromatic rings. The Morgan fingerprint density at radius 3 is 2.45 bits per heavy atom. The minimum atomic E-state index is -0.548. The SMILES string of the molecule is CC(C)(C)OC(=O)N1CCCC(/C(C#N)=N\Nc2ccc(Oc3ccccc3)cc2)C1. The highest BCUT2D eigenvalue weighted by molar-refractivity contribution is 6.01. The Morgan fingerprint density at radius 1 is 1.13 bits per heavy atom. The predicted octanol–water partition coefficient (Wildman–Crippen LogP) is 5.42. The van der Waals surface area contributed by atoms with Crippen LogP contribution in [0, 0.1) is 17.2 Å². The van der Waals surface area contributed by atoms with Crippen LogP contribution in [0.4, 0.5) is 10.5 Å². The highest BCUT2D eigenvalue weighted by Gasteiger charge is 2.30. The molecule has 162 valence electrons. The van der Waals surface area contributed by atoms with Crippen molar-refractivity contribution in [2.75, 3.05) is 18.5 Å². The number of hydrogen-bond donors (Lipinski definition) is 1. The number of anilines is 1. The molecule has 0 aliphatic carbocycles. The van der Waals surface area contributed by atoms with Crippen LogP contribution in [0.1, 0.15) is 33.6 Å². The summed E-state index contributed by atoms with van der Waals surface area (Å²) in [4.78, 5) is 14.0. The number of ether oxygens (including phenoxy) is 2. The van der Waals surface area contributed by atoms with E-state index in [1.54, 1.807) is 4.90 Å². The summed E-state index contributed by atoms with van der Waals surface area (Å²) in [5.74, 6) is 1.35. The van der Waals surface area contributed by atoms with Crippen LogP contribution in [0.3, 0.4) is 0 Å². The van der Waals surface area contributed by atoms with Gasteiger partial charge in [-0.3, -0.25) is 5.43 Å². The normalized spacial score (nSPS) is 16.9. The molecule has 1 aliphatic heterocycles. The summed E-state index contributed by atoms with van der Waals surface area (Å²) in [5.41, 5.74) is 3.51. The lowest BCUT2D eigenvalue weighted by molar-refractivity contribution is 0.0194. The Kier molecular flexibility index (Phi) is 7.14. The van der Waals surface area contributed by atoms with E-state index in [1.807, 2.05) is 75.4 Å². The molecule has 2 aromatic carbocycles. The van der Waals surface area contributed by atoms with Crippen molar-refractivity contribution in [3.63, 3.8) is 0 Å². The fraction of sp³-hybridized carbons (Fsp3) is 0.375. The molecule has 7 heteroatoms. The highest BCUT2D eigenvalue weighted by Crippen LogP contribution is 2.24. The van der Waals surface area contributed by atoms with Crippen molar-refractivity contribution in [1.82, 2.24) is 4.90 Å². The molecule has 0 aromatic heterocycles. The van der Waals surface area contributed by atoms with Gasteiger partial charge in [-0.25, -0.2) is 4.79 Å². The van der Waals surface area contributed by atoms with E-state index < -0.39 is 5.60 Å². The lowest BCUT2D eigenvalue weighted by atomic mass is 9.94. The first-order valence-corrected chi connectivity index (χ1v) is 10.4. The summed E-state index contributed by atoms with van der Waals surface area (Å²) >= 11 is 0. The standard InChI is InChI=1S/C24H28N4O3/c1-24(2,3)31-23(29)28-15-7-8-18(17-28)22(16-25)27-26-19-11-13-21(14-12-19)30-20-9-5-4-6-10-20/h4-6,9-14,18,26H,7-8,15,17H2,1-3H3/b27-22-. The molecule has 1 fully saturated rings. The molecule has 1 aliphatic rings. The van der Waals surface area contributed by atoms with E-state index in [0.717, 1.165) is 24.3 Å². The number of carbonyl (C=O) groups is 1. The van der Waals surface area contributed by atoms with Crippen LogP contribution in [0.2, 0.25) is 0 Å². The third kappa shape index (κ3) is 6.75. The zero-order valence-electron chi connectivity index (χ0n) is 18.2. The third-order valence-electron chi connectivity index (χ3n) is 4.71. The number of amides is 1. The molecule has 0 radical (unpaired) electrons. The average Bonchev–Trinajstić information content (AvgIpc) is 2.75. The fourth-order valence-electron chi connectivity index (χ4n) is 3.25. The number of nitriles is 1. The number of nitrogens with zero attached hydrogens (tertiary/aromatic N) is 3. The molecule has 1 heterocycles. The molecule has 1 unspecified atom stereocenters. The van der Waals surface area contributed by atoms with E-state index in [0.29, 0.717) is 24.6 Å². The second-order valence-electron chi connectivity index (χ2n) is 8.43. The molecule has 0 spiro atoms. The highest BCUT2D eigenvalue weighted by atomic mass is 16.6. The first-order chi connectivity index (χ1) is 14.8. The first-order valence-electron chi connectivity index (χ1n) is 10.4. The van der Waals surface area contributed by atoms with E-state index in [1.165, 1.54) is 0 Å². The van der Waals surface area contributed by atoms with Crippen LogP contribution in [-0.4, -0.2) is 35.4 Å². The van der Waals surface area contributed by atoms with Crippen molar-refractivity contribution in [2.45, 2.75) is 39.2 Å². The number of nitrogens with one attached hydrogen (secondary N) is 1. The largest absolute Gasteiger partial charge is 0.457 e. The maximum absolute atomic E-state index is 12.4. The van der Waals surface area contributed by atoms with E-state index in [-0.39, 0.29) is 12.0 Å². The van der Waals surface area contributed by atoms with Crippen molar-refractivity contribution in [1.29, 1.82) is 5.26 Å². The molecule has 1 amide bonds. The van der Waals surface area contributed by atoms with Crippen LogP contribution in [-0.2, 0) is 4.74 Å². The molecule has 0 bridgehead atoms. The molecule has 31 heavy (non-hydrogen) atoms. The zero-order chi connectivity index (χ0) is 22.3. The Hall–Kier alpha value is -3.53. The van der Waals surface area contributed by atoms with Gasteiger partial charge in [-0.15, -0.1) is 0 Å². The lowest BCUT2D eigenvalue weighted by Crippen LogP contribution is -2.44. The third-order valence-corrected chi connectivity index (χ3v) is 4.71. The zero-order valence-corrected chi connectivity index (χ0v) is 18.2. The molecule has 3 rings (SSSR count). The number of rotatable bonds is 5. The summed E-state index contributed by atoms with van der Waals surface area (Å²) in [7, 11) is 0. The summed E-state index contributed by atoms with van der Waals surface area (Å²) < 4.78 is 11.2. The Morgan fingerprint density at radius 2 is 1.81 bits per heavy atom. The van der Waals surface area contributed by atoms with Gasteiger partial charge in [0.2, 0.25) is 0 Å². The number of benzene rings is 2. The number of likely N-dealkylation sites (tertiary alicyclic amines) is 1. The number of para-hydroxylation sites is 1. The summed E-state index contributed by atoms with van der Waals surface area (Å²) in [6.45, 7) is 6.57. The maximum atomic E-state index is 12.4. The second-order valence-corrected chi connectivity index (χ2v) is 8.43. The van der Waals surface area contributed by atoms with Gasteiger partial charge in [-0.05, 0) is 70.0 Å². The van der Waals surface area contributed by atoms with Crippen LogP contribution in [0.15, 0.2) is 59.7 Å². The number of hydrazone groups is 1. The minimum Gasteiger partial charge on any atom is -0.457 e. The summed E-state index contributed by atoms with van der Waals surface area (Å²) in [5, 5.41) is 13.9. The first kappa shape index (κ1) is 22.2. The molecular weight excluding hydrogens is 392 g/mol. The van der Waals surface area contributed by atoms with Crippen LogP contribution in [0.25, 0.3) is 0 Å². The quantitative estimate of drug-likeness (QED) is 0.516. The van der Waals surface area contributed by atoms with E-state index in [9.17, 15) is 10.1 Å². The monoisotopic (exact) mass is 420 g/mol. The predicted molar refractivity (Wildman–Crippen MR) is 120 cm³/mol. The number of piperidine rings is 1. The molecule has 7 nitrogen and oxygen atoms in total. The smallest absolute Gasteiger partial charge is 0.410 e.